The number of nitrogens with zero attached hydrogens (tertiary/aromatic N) is 2. The molecule has 0 saturated carbocycles. The van der Waals surface area contributed by atoms with E-state index in [1.807, 2.05) is 44.2 Å². The normalized spacial score (nSPS) is 11.5. The molecular weight excluding hydrogens is 446 g/mol. The number of hydrogen-bond donors (Lipinski definition) is 1. The summed E-state index contributed by atoms with van der Waals surface area (Å²) in [6.45, 7) is 5.42. The molecule has 0 saturated heterocycles. The Balaban J connectivity index is 1.40. The summed E-state index contributed by atoms with van der Waals surface area (Å²) in [7, 11) is 1.52. The van der Waals surface area contributed by atoms with Gasteiger partial charge in [-0.05, 0) is 74.9 Å². The van der Waals surface area contributed by atoms with E-state index in [0.29, 0.717) is 34.3 Å². The van der Waals surface area contributed by atoms with E-state index in [9.17, 15) is 9.59 Å². The van der Waals surface area contributed by atoms with E-state index in [0.717, 1.165) is 16.7 Å². The number of amides is 1. The van der Waals surface area contributed by atoms with E-state index in [-0.39, 0.29) is 0 Å². The number of ether oxygens (including phenoxy) is 2. The quantitative estimate of drug-likeness (QED) is 0.369. The van der Waals surface area contributed by atoms with Gasteiger partial charge in [-0.2, -0.15) is 0 Å². The first-order valence-electron chi connectivity index (χ1n) is 11.0. The first-order chi connectivity index (χ1) is 16.8. The van der Waals surface area contributed by atoms with Crippen molar-refractivity contribution in [3.05, 3.63) is 83.4 Å². The molecule has 0 aliphatic carbocycles. The molecule has 4 rings (SSSR count). The molecule has 3 aromatic carbocycles. The zero-order valence-corrected chi connectivity index (χ0v) is 19.9. The second-order valence-corrected chi connectivity index (χ2v) is 8.10. The van der Waals surface area contributed by atoms with Crippen LogP contribution in [0.2, 0.25) is 0 Å². The molecule has 1 unspecified atom stereocenters. The molecule has 4 aromatic rings. The van der Waals surface area contributed by atoms with Crippen LogP contribution in [-0.4, -0.2) is 35.3 Å². The lowest BCUT2D eigenvalue weighted by Gasteiger charge is -2.15. The van der Waals surface area contributed by atoms with Crippen molar-refractivity contribution in [2.45, 2.75) is 26.9 Å². The van der Waals surface area contributed by atoms with Crippen LogP contribution in [0.5, 0.6) is 5.75 Å². The molecule has 0 fully saturated rings. The molecule has 178 valence electrons. The van der Waals surface area contributed by atoms with Gasteiger partial charge in [0.15, 0.2) is 6.10 Å². The van der Waals surface area contributed by atoms with Crippen molar-refractivity contribution in [3.63, 3.8) is 0 Å². The summed E-state index contributed by atoms with van der Waals surface area (Å²) in [6, 6.07) is 19.7. The maximum absolute atomic E-state index is 12.6. The molecule has 1 heterocycles. The first-order valence-corrected chi connectivity index (χ1v) is 11.0. The molecule has 0 aliphatic heterocycles. The van der Waals surface area contributed by atoms with E-state index >= 15 is 0 Å². The molecular formula is C27H25N3O5. The second-order valence-electron chi connectivity index (χ2n) is 8.10. The van der Waals surface area contributed by atoms with Crippen molar-refractivity contribution in [1.29, 1.82) is 0 Å². The van der Waals surface area contributed by atoms with Crippen LogP contribution < -0.4 is 10.1 Å². The first kappa shape index (κ1) is 23.7. The largest absolute Gasteiger partial charge is 0.495 e. The minimum Gasteiger partial charge on any atom is -0.495 e. The SMILES string of the molecule is COc1ccc(C)cc1NC(=O)C(C)OC(=O)c1ccc(-c2nnc(-c3ccc(C)cc3)o2)cc1. The van der Waals surface area contributed by atoms with E-state index in [1.54, 1.807) is 36.4 Å². The fourth-order valence-electron chi connectivity index (χ4n) is 3.34. The van der Waals surface area contributed by atoms with Gasteiger partial charge >= 0.3 is 5.97 Å². The lowest BCUT2D eigenvalue weighted by Crippen LogP contribution is -2.30. The van der Waals surface area contributed by atoms with E-state index < -0.39 is 18.0 Å². The Morgan fingerprint density at radius 2 is 1.43 bits per heavy atom. The molecule has 0 radical (unpaired) electrons. The van der Waals surface area contributed by atoms with Crippen LogP contribution >= 0.6 is 0 Å². The zero-order valence-electron chi connectivity index (χ0n) is 19.9. The lowest BCUT2D eigenvalue weighted by atomic mass is 10.1. The van der Waals surface area contributed by atoms with Gasteiger partial charge in [0.05, 0.1) is 18.4 Å². The zero-order chi connectivity index (χ0) is 24.9. The average Bonchev–Trinajstić information content (AvgIpc) is 3.35. The Morgan fingerprint density at radius 1 is 0.857 bits per heavy atom. The van der Waals surface area contributed by atoms with Gasteiger partial charge in [-0.3, -0.25) is 4.79 Å². The fraction of sp³-hybridized carbons (Fsp3) is 0.185. The van der Waals surface area contributed by atoms with Crippen LogP contribution in [0.3, 0.4) is 0 Å². The van der Waals surface area contributed by atoms with Crippen LogP contribution in [0.4, 0.5) is 5.69 Å². The molecule has 1 aromatic heterocycles. The Hall–Kier alpha value is -4.46. The molecule has 0 bridgehead atoms. The van der Waals surface area contributed by atoms with Gasteiger partial charge < -0.3 is 19.2 Å². The number of carbonyl (C=O) groups is 2. The highest BCUT2D eigenvalue weighted by molar-refractivity contribution is 5.98. The Bertz CT molecular complexity index is 1340. The summed E-state index contributed by atoms with van der Waals surface area (Å²) in [5.41, 5.74) is 4.37. The van der Waals surface area contributed by atoms with Crippen molar-refractivity contribution in [2.75, 3.05) is 12.4 Å². The van der Waals surface area contributed by atoms with Gasteiger partial charge in [-0.15, -0.1) is 10.2 Å². The van der Waals surface area contributed by atoms with Crippen LogP contribution in [0.1, 0.15) is 28.4 Å². The number of aromatic nitrogens is 2. The number of benzene rings is 3. The van der Waals surface area contributed by atoms with Gasteiger partial charge in [0.1, 0.15) is 5.75 Å². The Morgan fingerprint density at radius 3 is 2.03 bits per heavy atom. The molecule has 1 N–H and O–H groups in total. The van der Waals surface area contributed by atoms with Crippen molar-refractivity contribution < 1.29 is 23.5 Å². The Kier molecular flexibility index (Phi) is 6.91. The highest BCUT2D eigenvalue weighted by atomic mass is 16.5. The van der Waals surface area contributed by atoms with Gasteiger partial charge in [0, 0.05) is 11.1 Å². The van der Waals surface area contributed by atoms with Crippen LogP contribution in [0.15, 0.2) is 71.1 Å². The number of carbonyl (C=O) groups excluding carboxylic acids is 2. The van der Waals surface area contributed by atoms with Gasteiger partial charge in [0.2, 0.25) is 11.8 Å². The van der Waals surface area contributed by atoms with E-state index in [4.69, 9.17) is 13.9 Å². The summed E-state index contributed by atoms with van der Waals surface area (Å²) in [5, 5.41) is 10.9. The van der Waals surface area contributed by atoms with E-state index in [1.165, 1.54) is 14.0 Å². The summed E-state index contributed by atoms with van der Waals surface area (Å²) in [6.07, 6.45) is -1.01. The second kappa shape index (κ2) is 10.2. The summed E-state index contributed by atoms with van der Waals surface area (Å²) in [4.78, 5) is 25.1. The van der Waals surface area contributed by atoms with Crippen molar-refractivity contribution >= 4 is 17.6 Å². The topological polar surface area (TPSA) is 104 Å². The number of nitrogens with one attached hydrogen (secondary N) is 1. The third-order valence-electron chi connectivity index (χ3n) is 5.36. The van der Waals surface area contributed by atoms with Crippen LogP contribution in [0.25, 0.3) is 22.9 Å². The summed E-state index contributed by atoms with van der Waals surface area (Å²) >= 11 is 0. The average molecular weight is 472 g/mol. The van der Waals surface area contributed by atoms with Gasteiger partial charge in [-0.25, -0.2) is 4.79 Å². The third kappa shape index (κ3) is 5.55. The number of methoxy groups -OCH3 is 1. The lowest BCUT2D eigenvalue weighted by molar-refractivity contribution is -0.123. The number of anilines is 1. The number of rotatable bonds is 7. The van der Waals surface area contributed by atoms with E-state index in [2.05, 4.69) is 15.5 Å². The highest BCUT2D eigenvalue weighted by Gasteiger charge is 2.21. The standard InChI is InChI=1S/C27H25N3O5/c1-16-5-8-19(9-6-16)25-29-30-26(35-25)20-10-12-21(13-11-20)27(32)34-18(3)24(31)28-22-15-17(2)7-14-23(22)33-4/h5-15,18H,1-4H3,(H,28,31). The number of aryl methyl sites for hydroxylation is 2. The maximum atomic E-state index is 12.6. The third-order valence-corrected chi connectivity index (χ3v) is 5.36. The summed E-state index contributed by atoms with van der Waals surface area (Å²) in [5.74, 6) is 0.174. The monoisotopic (exact) mass is 471 g/mol. The molecule has 0 spiro atoms. The molecule has 35 heavy (non-hydrogen) atoms. The van der Waals surface area contributed by atoms with Gasteiger partial charge in [-0.1, -0.05) is 23.8 Å². The number of esters is 1. The predicted octanol–water partition coefficient (Wildman–Crippen LogP) is 5.21. The summed E-state index contributed by atoms with van der Waals surface area (Å²) < 4.78 is 16.4. The molecule has 0 aliphatic rings. The predicted molar refractivity (Wildman–Crippen MR) is 131 cm³/mol. The minimum atomic E-state index is -1.01. The molecule has 1 atom stereocenters. The van der Waals surface area contributed by atoms with Gasteiger partial charge in [0.25, 0.3) is 5.91 Å². The highest BCUT2D eigenvalue weighted by Crippen LogP contribution is 2.26. The van der Waals surface area contributed by atoms with Crippen molar-refractivity contribution in [2.24, 2.45) is 0 Å². The van der Waals surface area contributed by atoms with Crippen LogP contribution in [0, 0.1) is 13.8 Å². The fourth-order valence-corrected chi connectivity index (χ4v) is 3.34. The number of hydrogen-bond acceptors (Lipinski definition) is 7. The minimum absolute atomic E-state index is 0.291. The Labute approximate surface area is 202 Å². The maximum Gasteiger partial charge on any atom is 0.338 e. The van der Waals surface area contributed by atoms with Crippen molar-refractivity contribution in [1.82, 2.24) is 10.2 Å². The van der Waals surface area contributed by atoms with Crippen molar-refractivity contribution in [3.8, 4) is 28.7 Å². The van der Waals surface area contributed by atoms with Crippen LogP contribution in [-0.2, 0) is 9.53 Å². The molecule has 8 nitrogen and oxygen atoms in total. The molecule has 8 heteroatoms. The smallest absolute Gasteiger partial charge is 0.338 e. The molecule has 1 amide bonds.